The molecule has 0 saturated carbocycles. The van der Waals surface area contributed by atoms with Crippen molar-refractivity contribution in [2.45, 2.75) is 31.6 Å². The van der Waals surface area contributed by atoms with Crippen LogP contribution >= 0.6 is 0 Å². The van der Waals surface area contributed by atoms with E-state index in [0.29, 0.717) is 18.7 Å². The molecule has 4 nitrogen and oxygen atoms in total. The Kier molecular flexibility index (Phi) is 3.38. The molecule has 0 amide bonds. The minimum Gasteiger partial charge on any atom is -0.380 e. The van der Waals surface area contributed by atoms with E-state index < -0.39 is 0 Å². The van der Waals surface area contributed by atoms with Crippen LogP contribution in [-0.2, 0) is 9.47 Å². The maximum atomic E-state index is 5.72. The van der Waals surface area contributed by atoms with E-state index in [9.17, 15) is 0 Å². The first-order chi connectivity index (χ1) is 6.79. The van der Waals surface area contributed by atoms with Crippen LogP contribution in [0.25, 0.3) is 0 Å². The third kappa shape index (κ3) is 2.25. The molecule has 0 bridgehead atoms. The number of nitrogens with two attached hydrogens (primary N) is 1. The summed E-state index contributed by atoms with van der Waals surface area (Å²) < 4.78 is 11.1. The van der Waals surface area contributed by atoms with Crippen molar-refractivity contribution < 1.29 is 9.47 Å². The lowest BCUT2D eigenvalue weighted by Gasteiger charge is -2.39. The van der Waals surface area contributed by atoms with E-state index >= 15 is 0 Å². The van der Waals surface area contributed by atoms with E-state index in [1.807, 2.05) is 0 Å². The Morgan fingerprint density at radius 1 is 1.43 bits per heavy atom. The molecule has 2 heterocycles. The molecule has 2 N–H and O–H groups in total. The Balaban J connectivity index is 1.90. The predicted octanol–water partition coefficient (Wildman–Crippen LogP) is -0.177. The minimum atomic E-state index is 0.208. The second kappa shape index (κ2) is 4.57. The summed E-state index contributed by atoms with van der Waals surface area (Å²) in [5.41, 5.74) is 5.64. The quantitative estimate of drug-likeness (QED) is 0.672. The van der Waals surface area contributed by atoms with Gasteiger partial charge < -0.3 is 15.2 Å². The maximum absolute atomic E-state index is 5.72. The van der Waals surface area contributed by atoms with Crippen LogP contribution < -0.4 is 5.73 Å². The van der Waals surface area contributed by atoms with Gasteiger partial charge in [0.15, 0.2) is 0 Å². The number of nitrogens with zero attached hydrogens (tertiary/aromatic N) is 1. The molecule has 14 heavy (non-hydrogen) atoms. The standard InChI is InChI=1S/C10H20N2O2/c1-8-5-12(6-10(4-11)14-8)9-2-3-13-7-9/h8-10H,2-7,11H2,1H3. The second-order valence-electron chi connectivity index (χ2n) is 4.28. The summed E-state index contributed by atoms with van der Waals surface area (Å²) in [4.78, 5) is 2.47. The highest BCUT2D eigenvalue weighted by Gasteiger charge is 2.31. The first kappa shape index (κ1) is 10.4. The number of rotatable bonds is 2. The van der Waals surface area contributed by atoms with Crippen LogP contribution in [0.15, 0.2) is 0 Å². The van der Waals surface area contributed by atoms with Crippen LogP contribution in [0.3, 0.4) is 0 Å². The number of morpholine rings is 1. The first-order valence-corrected chi connectivity index (χ1v) is 5.47. The third-order valence-electron chi connectivity index (χ3n) is 3.04. The van der Waals surface area contributed by atoms with Crippen molar-refractivity contribution in [2.24, 2.45) is 5.73 Å². The summed E-state index contributed by atoms with van der Waals surface area (Å²) in [5.74, 6) is 0. The fourth-order valence-electron chi connectivity index (χ4n) is 2.32. The zero-order chi connectivity index (χ0) is 9.97. The molecule has 2 fully saturated rings. The summed E-state index contributed by atoms with van der Waals surface area (Å²) in [5, 5.41) is 0. The summed E-state index contributed by atoms with van der Waals surface area (Å²) in [6, 6.07) is 0.593. The van der Waals surface area contributed by atoms with Gasteiger partial charge in [-0.3, -0.25) is 4.90 Å². The van der Waals surface area contributed by atoms with E-state index in [1.165, 1.54) is 0 Å². The maximum Gasteiger partial charge on any atom is 0.0828 e. The molecule has 2 saturated heterocycles. The van der Waals surface area contributed by atoms with Crippen molar-refractivity contribution in [3.8, 4) is 0 Å². The van der Waals surface area contributed by atoms with E-state index in [1.54, 1.807) is 0 Å². The predicted molar refractivity (Wildman–Crippen MR) is 54.2 cm³/mol. The molecular weight excluding hydrogens is 180 g/mol. The van der Waals surface area contributed by atoms with Crippen LogP contribution in [0.1, 0.15) is 13.3 Å². The number of hydrogen-bond donors (Lipinski definition) is 1. The molecule has 2 rings (SSSR count). The van der Waals surface area contributed by atoms with E-state index in [-0.39, 0.29) is 6.10 Å². The highest BCUT2D eigenvalue weighted by molar-refractivity contribution is 4.83. The van der Waals surface area contributed by atoms with Crippen molar-refractivity contribution in [1.82, 2.24) is 4.90 Å². The van der Waals surface area contributed by atoms with Crippen molar-refractivity contribution in [2.75, 3.05) is 32.8 Å². The number of ether oxygens (including phenoxy) is 2. The molecule has 0 aromatic heterocycles. The van der Waals surface area contributed by atoms with Gasteiger partial charge in [-0.15, -0.1) is 0 Å². The molecule has 0 spiro atoms. The van der Waals surface area contributed by atoms with Gasteiger partial charge in [0.2, 0.25) is 0 Å². The topological polar surface area (TPSA) is 47.7 Å². The fraction of sp³-hybridized carbons (Fsp3) is 1.00. The summed E-state index contributed by atoms with van der Waals surface area (Å²) in [7, 11) is 0. The smallest absolute Gasteiger partial charge is 0.0828 e. The fourth-order valence-corrected chi connectivity index (χ4v) is 2.32. The van der Waals surface area contributed by atoms with Crippen molar-refractivity contribution in [3.05, 3.63) is 0 Å². The lowest BCUT2D eigenvalue weighted by atomic mass is 10.1. The van der Waals surface area contributed by atoms with Gasteiger partial charge in [0.1, 0.15) is 0 Å². The lowest BCUT2D eigenvalue weighted by Crippen LogP contribution is -2.53. The average Bonchev–Trinajstić information content (AvgIpc) is 2.69. The zero-order valence-corrected chi connectivity index (χ0v) is 8.82. The normalized spacial score (nSPS) is 40.3. The Morgan fingerprint density at radius 2 is 2.29 bits per heavy atom. The summed E-state index contributed by atoms with van der Waals surface area (Å²) in [6.07, 6.45) is 1.67. The molecule has 0 aromatic rings. The van der Waals surface area contributed by atoms with Crippen LogP contribution in [0.4, 0.5) is 0 Å². The molecule has 0 aliphatic carbocycles. The van der Waals surface area contributed by atoms with Crippen LogP contribution in [-0.4, -0.2) is 56.0 Å². The Labute approximate surface area is 85.3 Å². The molecule has 4 heteroatoms. The molecule has 2 aliphatic heterocycles. The summed E-state index contributed by atoms with van der Waals surface area (Å²) in [6.45, 7) is 6.51. The van der Waals surface area contributed by atoms with Gasteiger partial charge in [-0.05, 0) is 13.3 Å². The van der Waals surface area contributed by atoms with Crippen molar-refractivity contribution in [1.29, 1.82) is 0 Å². The van der Waals surface area contributed by atoms with Gasteiger partial charge in [0.25, 0.3) is 0 Å². The zero-order valence-electron chi connectivity index (χ0n) is 8.82. The largest absolute Gasteiger partial charge is 0.380 e. The molecule has 3 atom stereocenters. The molecule has 3 unspecified atom stereocenters. The van der Waals surface area contributed by atoms with Crippen LogP contribution in [0.2, 0.25) is 0 Å². The van der Waals surface area contributed by atoms with Crippen LogP contribution in [0.5, 0.6) is 0 Å². The molecule has 2 aliphatic rings. The van der Waals surface area contributed by atoms with Gasteiger partial charge in [-0.25, -0.2) is 0 Å². The Morgan fingerprint density at radius 3 is 2.93 bits per heavy atom. The van der Waals surface area contributed by atoms with Gasteiger partial charge in [0, 0.05) is 32.3 Å². The van der Waals surface area contributed by atoms with Crippen molar-refractivity contribution >= 4 is 0 Å². The van der Waals surface area contributed by atoms with Gasteiger partial charge in [0.05, 0.1) is 18.8 Å². The van der Waals surface area contributed by atoms with Gasteiger partial charge in [-0.2, -0.15) is 0 Å². The highest BCUT2D eigenvalue weighted by atomic mass is 16.5. The van der Waals surface area contributed by atoms with Gasteiger partial charge >= 0.3 is 0 Å². The van der Waals surface area contributed by atoms with E-state index in [4.69, 9.17) is 15.2 Å². The van der Waals surface area contributed by atoms with Gasteiger partial charge in [-0.1, -0.05) is 0 Å². The molecule has 82 valence electrons. The van der Waals surface area contributed by atoms with Crippen molar-refractivity contribution in [3.63, 3.8) is 0 Å². The molecule has 0 aromatic carbocycles. The first-order valence-electron chi connectivity index (χ1n) is 5.47. The van der Waals surface area contributed by atoms with E-state index in [2.05, 4.69) is 11.8 Å². The van der Waals surface area contributed by atoms with Crippen LogP contribution in [0, 0.1) is 0 Å². The molecule has 0 radical (unpaired) electrons. The minimum absolute atomic E-state index is 0.208. The Bertz CT molecular complexity index is 183. The monoisotopic (exact) mass is 200 g/mol. The average molecular weight is 200 g/mol. The van der Waals surface area contributed by atoms with E-state index in [0.717, 1.165) is 32.7 Å². The number of hydrogen-bond acceptors (Lipinski definition) is 4. The highest BCUT2D eigenvalue weighted by Crippen LogP contribution is 2.18. The molecular formula is C10H20N2O2. The SMILES string of the molecule is CC1CN(C2CCOC2)CC(CN)O1. The summed E-state index contributed by atoms with van der Waals surface area (Å²) >= 11 is 0. The third-order valence-corrected chi connectivity index (χ3v) is 3.04. The Hall–Kier alpha value is -0.160. The lowest BCUT2D eigenvalue weighted by molar-refractivity contribution is -0.0842. The second-order valence-corrected chi connectivity index (χ2v) is 4.28.